The molecule has 0 aromatic carbocycles. The number of nitrogens with one attached hydrogen (secondary N) is 2. The first-order chi connectivity index (χ1) is 8.36. The van der Waals surface area contributed by atoms with Gasteiger partial charge in [0.2, 0.25) is 5.91 Å². The van der Waals surface area contributed by atoms with E-state index >= 15 is 0 Å². The van der Waals surface area contributed by atoms with Gasteiger partial charge in [-0.3, -0.25) is 9.59 Å². The Kier molecular flexibility index (Phi) is 4.61. The van der Waals surface area contributed by atoms with E-state index in [4.69, 9.17) is 11.6 Å². The summed E-state index contributed by atoms with van der Waals surface area (Å²) in [5, 5.41) is 12.6. The lowest BCUT2D eigenvalue weighted by Gasteiger charge is -2.22. The Morgan fingerprint density at radius 3 is 2.50 bits per heavy atom. The van der Waals surface area contributed by atoms with Crippen LogP contribution in [0.15, 0.2) is 12.1 Å². The van der Waals surface area contributed by atoms with Crippen LogP contribution < -0.4 is 10.6 Å². The summed E-state index contributed by atoms with van der Waals surface area (Å²) >= 11 is 5.57. The van der Waals surface area contributed by atoms with Gasteiger partial charge in [-0.25, -0.2) is 0 Å². The molecule has 1 heterocycles. The zero-order valence-corrected chi connectivity index (χ0v) is 11.2. The third-order valence-electron chi connectivity index (χ3n) is 2.40. The highest BCUT2D eigenvalue weighted by atomic mass is 35.5. The molecule has 1 rings (SSSR count). The lowest BCUT2D eigenvalue weighted by atomic mass is 9.92. The van der Waals surface area contributed by atoms with Crippen LogP contribution in [0.1, 0.15) is 24.3 Å². The summed E-state index contributed by atoms with van der Waals surface area (Å²) in [4.78, 5) is 23.2. The normalized spacial score (nSPS) is 10.9. The van der Waals surface area contributed by atoms with Crippen molar-refractivity contribution >= 4 is 23.4 Å². The van der Waals surface area contributed by atoms with E-state index < -0.39 is 11.3 Å². The highest BCUT2D eigenvalue weighted by Gasteiger charge is 2.27. The van der Waals surface area contributed by atoms with Crippen molar-refractivity contribution in [3.63, 3.8) is 0 Å². The van der Waals surface area contributed by atoms with Gasteiger partial charge in [0.15, 0.2) is 10.8 Å². The molecule has 1 aromatic rings. The van der Waals surface area contributed by atoms with Gasteiger partial charge in [0.1, 0.15) is 0 Å². The Bertz CT molecular complexity index is 445. The van der Waals surface area contributed by atoms with E-state index in [9.17, 15) is 9.59 Å². The van der Waals surface area contributed by atoms with E-state index in [1.54, 1.807) is 20.9 Å². The molecule has 0 bridgehead atoms. The molecule has 6 nitrogen and oxygen atoms in total. The second-order valence-electron chi connectivity index (χ2n) is 4.39. The molecular weight excluding hydrogens is 256 g/mol. The van der Waals surface area contributed by atoms with Crippen molar-refractivity contribution in [3.05, 3.63) is 23.0 Å². The highest BCUT2D eigenvalue weighted by molar-refractivity contribution is 6.29. The van der Waals surface area contributed by atoms with Gasteiger partial charge in [-0.15, -0.1) is 10.2 Å². The molecule has 0 radical (unpaired) electrons. The molecule has 0 atom stereocenters. The van der Waals surface area contributed by atoms with Crippen LogP contribution in [0.2, 0.25) is 5.15 Å². The number of halogens is 1. The van der Waals surface area contributed by atoms with Crippen molar-refractivity contribution in [1.29, 1.82) is 0 Å². The van der Waals surface area contributed by atoms with Crippen molar-refractivity contribution in [2.24, 2.45) is 5.41 Å². The number of carbonyl (C=O) groups is 2. The van der Waals surface area contributed by atoms with Crippen molar-refractivity contribution in [2.45, 2.75) is 13.8 Å². The third kappa shape index (κ3) is 3.66. The maximum Gasteiger partial charge on any atom is 0.271 e. The second kappa shape index (κ2) is 5.77. The molecule has 0 aliphatic rings. The van der Waals surface area contributed by atoms with Gasteiger partial charge in [0, 0.05) is 13.6 Å². The number of hydrogen-bond donors (Lipinski definition) is 2. The fraction of sp³-hybridized carbons (Fsp3) is 0.455. The van der Waals surface area contributed by atoms with Gasteiger partial charge in [0.25, 0.3) is 5.91 Å². The fourth-order valence-electron chi connectivity index (χ4n) is 1.25. The van der Waals surface area contributed by atoms with Crippen LogP contribution in [-0.2, 0) is 4.79 Å². The molecule has 2 amide bonds. The lowest BCUT2D eigenvalue weighted by Crippen LogP contribution is -2.43. The van der Waals surface area contributed by atoms with Crippen LogP contribution in [0.5, 0.6) is 0 Å². The molecular formula is C11H15ClN4O2. The minimum Gasteiger partial charge on any atom is -0.359 e. The number of amides is 2. The van der Waals surface area contributed by atoms with Crippen LogP contribution in [0.25, 0.3) is 0 Å². The molecule has 98 valence electrons. The Hall–Kier alpha value is -1.69. The Labute approximate surface area is 110 Å². The third-order valence-corrected chi connectivity index (χ3v) is 2.60. The first kappa shape index (κ1) is 14.4. The van der Waals surface area contributed by atoms with Gasteiger partial charge in [-0.2, -0.15) is 0 Å². The zero-order valence-electron chi connectivity index (χ0n) is 10.5. The van der Waals surface area contributed by atoms with E-state index in [0.29, 0.717) is 0 Å². The summed E-state index contributed by atoms with van der Waals surface area (Å²) < 4.78 is 0. The van der Waals surface area contributed by atoms with Gasteiger partial charge < -0.3 is 10.6 Å². The predicted molar refractivity (Wildman–Crippen MR) is 67.2 cm³/mol. The summed E-state index contributed by atoms with van der Waals surface area (Å²) in [6.45, 7) is 3.68. The van der Waals surface area contributed by atoms with Crippen molar-refractivity contribution in [1.82, 2.24) is 20.8 Å². The summed E-state index contributed by atoms with van der Waals surface area (Å²) in [7, 11) is 1.55. The minimum absolute atomic E-state index is 0.148. The van der Waals surface area contributed by atoms with Crippen LogP contribution in [-0.4, -0.2) is 35.6 Å². The Morgan fingerprint density at radius 2 is 2.00 bits per heavy atom. The smallest absolute Gasteiger partial charge is 0.271 e. The molecule has 0 aliphatic heterocycles. The van der Waals surface area contributed by atoms with Gasteiger partial charge in [-0.1, -0.05) is 11.6 Å². The fourth-order valence-corrected chi connectivity index (χ4v) is 1.35. The van der Waals surface area contributed by atoms with E-state index in [1.165, 1.54) is 12.1 Å². The van der Waals surface area contributed by atoms with Crippen LogP contribution in [0.4, 0.5) is 0 Å². The Balaban J connectivity index is 2.61. The van der Waals surface area contributed by atoms with E-state index in [0.717, 1.165) is 0 Å². The molecule has 1 aromatic heterocycles. The molecule has 0 aliphatic carbocycles. The molecule has 0 saturated carbocycles. The lowest BCUT2D eigenvalue weighted by molar-refractivity contribution is -0.128. The quantitative estimate of drug-likeness (QED) is 0.841. The molecule has 7 heteroatoms. The van der Waals surface area contributed by atoms with E-state index in [-0.39, 0.29) is 23.3 Å². The van der Waals surface area contributed by atoms with Gasteiger partial charge in [-0.05, 0) is 26.0 Å². The average Bonchev–Trinajstić information content (AvgIpc) is 2.35. The van der Waals surface area contributed by atoms with Crippen LogP contribution in [0, 0.1) is 5.41 Å². The monoisotopic (exact) mass is 270 g/mol. The molecule has 2 N–H and O–H groups in total. The standard InChI is InChI=1S/C11H15ClN4O2/c1-11(2,10(18)13-3)6-14-9(17)7-4-5-8(12)16-15-7/h4-5H,6H2,1-3H3,(H,13,18)(H,14,17). The maximum absolute atomic E-state index is 11.7. The number of aromatic nitrogens is 2. The molecule has 0 saturated heterocycles. The SMILES string of the molecule is CNC(=O)C(C)(C)CNC(=O)c1ccc(Cl)nn1. The number of nitrogens with zero attached hydrogens (tertiary/aromatic N) is 2. The largest absolute Gasteiger partial charge is 0.359 e. The topological polar surface area (TPSA) is 84.0 Å². The van der Waals surface area contributed by atoms with Crippen molar-refractivity contribution in [3.8, 4) is 0 Å². The first-order valence-electron chi connectivity index (χ1n) is 5.36. The number of rotatable bonds is 4. The van der Waals surface area contributed by atoms with Crippen LogP contribution in [0.3, 0.4) is 0 Å². The second-order valence-corrected chi connectivity index (χ2v) is 4.77. The van der Waals surface area contributed by atoms with Crippen molar-refractivity contribution < 1.29 is 9.59 Å². The molecule has 18 heavy (non-hydrogen) atoms. The Morgan fingerprint density at radius 1 is 1.33 bits per heavy atom. The summed E-state index contributed by atoms with van der Waals surface area (Å²) in [5.74, 6) is -0.541. The number of carbonyl (C=O) groups excluding carboxylic acids is 2. The van der Waals surface area contributed by atoms with Gasteiger partial charge in [0.05, 0.1) is 5.41 Å². The first-order valence-corrected chi connectivity index (χ1v) is 5.74. The number of hydrogen-bond acceptors (Lipinski definition) is 4. The van der Waals surface area contributed by atoms with E-state index in [1.807, 2.05) is 0 Å². The molecule has 0 unspecified atom stereocenters. The molecule has 0 spiro atoms. The van der Waals surface area contributed by atoms with Crippen molar-refractivity contribution in [2.75, 3.05) is 13.6 Å². The summed E-state index contributed by atoms with van der Waals surface area (Å²) in [5.41, 5.74) is -0.531. The average molecular weight is 271 g/mol. The summed E-state index contributed by atoms with van der Waals surface area (Å²) in [6.07, 6.45) is 0. The van der Waals surface area contributed by atoms with Crippen LogP contribution >= 0.6 is 11.6 Å². The van der Waals surface area contributed by atoms with Gasteiger partial charge >= 0.3 is 0 Å². The molecule has 0 fully saturated rings. The van der Waals surface area contributed by atoms with E-state index in [2.05, 4.69) is 20.8 Å². The highest BCUT2D eigenvalue weighted by Crippen LogP contribution is 2.13. The predicted octanol–water partition coefficient (Wildman–Crippen LogP) is 0.632. The zero-order chi connectivity index (χ0) is 13.8. The summed E-state index contributed by atoms with van der Waals surface area (Å²) in [6, 6.07) is 2.95. The minimum atomic E-state index is -0.690. The maximum atomic E-state index is 11.7.